The zero-order chi connectivity index (χ0) is 23.0. The Balaban J connectivity index is 2.25. The molecule has 9 heteroatoms. The Morgan fingerprint density at radius 1 is 1.26 bits per heavy atom. The van der Waals surface area contributed by atoms with Gasteiger partial charge in [-0.3, -0.25) is 9.36 Å². The van der Waals surface area contributed by atoms with E-state index in [1.54, 1.807) is 18.3 Å². The Morgan fingerprint density at radius 2 is 1.97 bits per heavy atom. The largest absolute Gasteiger partial charge is 0.483 e. The quantitative estimate of drug-likeness (QED) is 0.709. The number of hydrogen-bond acceptors (Lipinski definition) is 3. The molecule has 5 nitrogen and oxygen atoms in total. The molecule has 0 bridgehead atoms. The van der Waals surface area contributed by atoms with Crippen LogP contribution in [0.1, 0.15) is 31.9 Å². The predicted octanol–water partition coefficient (Wildman–Crippen LogP) is 4.12. The molecule has 2 aromatic rings. The summed E-state index contributed by atoms with van der Waals surface area (Å²) in [5.41, 5.74) is -0.898. The number of ether oxygens (including phenoxy) is 1. The third kappa shape index (κ3) is 4.61. The minimum Gasteiger partial charge on any atom is -0.483 e. The van der Waals surface area contributed by atoms with Gasteiger partial charge in [0, 0.05) is 43.5 Å². The average Bonchev–Trinajstić information content (AvgIpc) is 2.70. The summed E-state index contributed by atoms with van der Waals surface area (Å²) in [7, 11) is 1.83. The number of nitrogens with zero attached hydrogens (tertiary/aromatic N) is 2. The van der Waals surface area contributed by atoms with Gasteiger partial charge in [0.15, 0.2) is 5.11 Å². The second kappa shape index (κ2) is 8.37. The highest BCUT2D eigenvalue weighted by Crippen LogP contribution is 2.43. The molecule has 0 saturated carbocycles. The number of pyridine rings is 1. The highest BCUT2D eigenvalue weighted by atomic mass is 32.1. The van der Waals surface area contributed by atoms with Crippen molar-refractivity contribution in [1.29, 1.82) is 0 Å². The molecule has 166 valence electrons. The van der Waals surface area contributed by atoms with Gasteiger partial charge >= 0.3 is 6.18 Å². The summed E-state index contributed by atoms with van der Waals surface area (Å²) in [4.78, 5) is 14.5. The van der Waals surface area contributed by atoms with Crippen molar-refractivity contribution in [2.24, 2.45) is 0 Å². The van der Waals surface area contributed by atoms with Crippen molar-refractivity contribution < 1.29 is 17.9 Å². The zero-order valence-electron chi connectivity index (χ0n) is 17.7. The maximum atomic E-state index is 13.4. The van der Waals surface area contributed by atoms with Crippen molar-refractivity contribution in [2.75, 3.05) is 20.1 Å². The van der Waals surface area contributed by atoms with Gasteiger partial charge in [0.2, 0.25) is 0 Å². The summed E-state index contributed by atoms with van der Waals surface area (Å²) in [6.45, 7) is 6.46. The van der Waals surface area contributed by atoms with Gasteiger partial charge in [0.25, 0.3) is 5.56 Å². The maximum absolute atomic E-state index is 13.4. The number of hydrogen-bond donors (Lipinski definition) is 1. The molecule has 0 radical (unpaired) electrons. The number of nitrogens with one attached hydrogen (secondary N) is 1. The van der Waals surface area contributed by atoms with Crippen LogP contribution in [0.2, 0.25) is 0 Å². The van der Waals surface area contributed by atoms with Crippen molar-refractivity contribution in [3.8, 4) is 5.75 Å². The number of benzene rings is 1. The Labute approximate surface area is 184 Å². The van der Waals surface area contributed by atoms with Crippen LogP contribution in [0.4, 0.5) is 13.2 Å². The molecule has 0 spiro atoms. The lowest BCUT2D eigenvalue weighted by Crippen LogP contribution is -2.44. The molecule has 1 aliphatic rings. The van der Waals surface area contributed by atoms with Gasteiger partial charge in [-0.15, -0.1) is 0 Å². The van der Waals surface area contributed by atoms with Gasteiger partial charge < -0.3 is 15.0 Å². The highest BCUT2D eigenvalue weighted by molar-refractivity contribution is 7.80. The first kappa shape index (κ1) is 22.9. The number of rotatable bonds is 4. The van der Waals surface area contributed by atoms with Gasteiger partial charge in [-0.2, -0.15) is 13.2 Å². The van der Waals surface area contributed by atoms with Crippen LogP contribution < -0.4 is 15.6 Å². The lowest BCUT2D eigenvalue weighted by atomic mass is 9.88. The van der Waals surface area contributed by atoms with E-state index >= 15 is 0 Å². The molecule has 0 aliphatic carbocycles. The lowest BCUT2D eigenvalue weighted by molar-refractivity contribution is -0.137. The average molecular weight is 452 g/mol. The molecule has 2 heterocycles. The Hall–Kier alpha value is -2.81. The molecule has 3 rings (SSSR count). The van der Waals surface area contributed by atoms with Crippen molar-refractivity contribution in [3.63, 3.8) is 0 Å². The van der Waals surface area contributed by atoms with E-state index in [0.29, 0.717) is 22.9 Å². The summed E-state index contributed by atoms with van der Waals surface area (Å²) in [5, 5.41) is 3.62. The Morgan fingerprint density at radius 3 is 2.58 bits per heavy atom. The monoisotopic (exact) mass is 451 g/mol. The first-order chi connectivity index (χ1) is 14.5. The molecular weight excluding hydrogens is 427 g/mol. The zero-order valence-corrected chi connectivity index (χ0v) is 18.5. The molecule has 31 heavy (non-hydrogen) atoms. The molecule has 1 aliphatic heterocycles. The van der Waals surface area contributed by atoms with Crippen LogP contribution in [0.3, 0.4) is 0 Å². The van der Waals surface area contributed by atoms with Gasteiger partial charge in [-0.25, -0.2) is 0 Å². The van der Waals surface area contributed by atoms with Gasteiger partial charge in [0.1, 0.15) is 11.4 Å². The molecule has 0 fully saturated rings. The van der Waals surface area contributed by atoms with Crippen molar-refractivity contribution in [3.05, 3.63) is 69.6 Å². The number of fused-ring (bicyclic) bond motifs is 1. The molecule has 0 amide bonds. The third-order valence-corrected chi connectivity index (χ3v) is 5.70. The minimum atomic E-state index is -4.53. The second-order valence-electron chi connectivity index (χ2n) is 7.73. The fourth-order valence-corrected chi connectivity index (χ4v) is 3.59. The summed E-state index contributed by atoms with van der Waals surface area (Å²) in [6, 6.07) is 7.91. The number of aromatic nitrogens is 1. The Bertz CT molecular complexity index is 1090. The van der Waals surface area contributed by atoms with Crippen LogP contribution in [0.5, 0.6) is 5.75 Å². The van der Waals surface area contributed by atoms with E-state index < -0.39 is 17.3 Å². The van der Waals surface area contributed by atoms with Crippen LogP contribution >= 0.6 is 12.2 Å². The van der Waals surface area contributed by atoms with Crippen LogP contribution in [-0.2, 0) is 6.18 Å². The predicted molar refractivity (Wildman–Crippen MR) is 118 cm³/mol. The molecule has 1 N–H and O–H groups in total. The normalized spacial score (nSPS) is 15.2. The summed E-state index contributed by atoms with van der Waals surface area (Å²) in [5.74, 6) is 0.278. The van der Waals surface area contributed by atoms with Gasteiger partial charge in [-0.1, -0.05) is 6.07 Å². The third-order valence-electron chi connectivity index (χ3n) is 5.24. The lowest BCUT2D eigenvalue weighted by Gasteiger charge is -2.38. The van der Waals surface area contributed by atoms with E-state index in [-0.39, 0.29) is 23.4 Å². The van der Waals surface area contributed by atoms with Crippen molar-refractivity contribution >= 4 is 23.0 Å². The van der Waals surface area contributed by atoms with Crippen LogP contribution in [0.15, 0.2) is 53.0 Å². The summed E-state index contributed by atoms with van der Waals surface area (Å²) >= 11 is 5.38. The topological polar surface area (TPSA) is 46.5 Å². The van der Waals surface area contributed by atoms with Gasteiger partial charge in [-0.05, 0) is 57.3 Å². The fourth-order valence-electron chi connectivity index (χ4n) is 3.39. The van der Waals surface area contributed by atoms with E-state index in [9.17, 15) is 18.0 Å². The molecular formula is C22H24F3N3O2S. The first-order valence-electron chi connectivity index (χ1n) is 9.77. The second-order valence-corrected chi connectivity index (χ2v) is 8.12. The Kier molecular flexibility index (Phi) is 6.18. The van der Waals surface area contributed by atoms with Crippen LogP contribution in [0.25, 0.3) is 5.70 Å². The molecule has 0 unspecified atom stereocenters. The number of halogens is 3. The molecule has 1 aromatic carbocycles. The number of alkyl halides is 3. The molecule has 0 atom stereocenters. The fraction of sp³-hybridized carbons (Fsp3) is 0.364. The van der Waals surface area contributed by atoms with Gasteiger partial charge in [0.05, 0.1) is 11.3 Å². The van der Waals surface area contributed by atoms with E-state index in [1.165, 1.54) is 16.7 Å². The van der Waals surface area contributed by atoms with Crippen molar-refractivity contribution in [2.45, 2.75) is 32.5 Å². The SMILES string of the molecule is CCN(C)C(=S)NCC1=C(n2ccccc2=O)c2cc(C(F)(F)F)ccc2OC1(C)C. The van der Waals surface area contributed by atoms with Crippen LogP contribution in [0, 0.1) is 0 Å². The minimum absolute atomic E-state index is 0.197. The highest BCUT2D eigenvalue weighted by Gasteiger charge is 2.38. The van der Waals surface area contributed by atoms with Crippen molar-refractivity contribution in [1.82, 2.24) is 14.8 Å². The summed E-state index contributed by atoms with van der Waals surface area (Å²) < 4.78 is 47.7. The van der Waals surface area contributed by atoms with E-state index in [0.717, 1.165) is 12.1 Å². The first-order valence-corrected chi connectivity index (χ1v) is 10.2. The van der Waals surface area contributed by atoms with E-state index in [2.05, 4.69) is 5.32 Å². The van der Waals surface area contributed by atoms with Crippen LogP contribution in [-0.4, -0.2) is 40.3 Å². The molecule has 0 saturated heterocycles. The van der Waals surface area contributed by atoms with E-state index in [4.69, 9.17) is 17.0 Å². The maximum Gasteiger partial charge on any atom is 0.416 e. The number of thiocarbonyl (C=S) groups is 1. The smallest absolute Gasteiger partial charge is 0.416 e. The van der Waals surface area contributed by atoms with E-state index in [1.807, 2.05) is 32.7 Å². The standard InChI is InChI=1S/C22H24F3N3O2S/c1-5-27(4)20(31)26-13-16-19(28-11-7-6-8-18(28)29)15-12-14(22(23,24)25)9-10-17(15)30-21(16,2)3/h6-12H,5,13H2,1-4H3,(H,26,31). The summed E-state index contributed by atoms with van der Waals surface area (Å²) in [6.07, 6.45) is -2.99. The molecule has 1 aromatic heterocycles.